The molecular weight excluding hydrogens is 394 g/mol. The van der Waals surface area contributed by atoms with Gasteiger partial charge in [0.2, 0.25) is 5.91 Å². The number of piperazine rings is 1. The van der Waals surface area contributed by atoms with Crippen LogP contribution in [0.4, 0.5) is 4.79 Å². The number of hydrogen-bond donors (Lipinski definition) is 1. The van der Waals surface area contributed by atoms with Gasteiger partial charge in [-0.15, -0.1) is 0 Å². The van der Waals surface area contributed by atoms with E-state index >= 15 is 0 Å². The van der Waals surface area contributed by atoms with Gasteiger partial charge in [0.05, 0.1) is 12.7 Å². The molecule has 31 heavy (non-hydrogen) atoms. The molecule has 1 aliphatic heterocycles. The molecule has 1 N–H and O–H groups in total. The SMILES string of the molecule is Cc1cc2occ(CC(=O)NCCCN3CCN(C(=O)OC(C)(C)C)CC3)c2cc1C. The fourth-order valence-corrected chi connectivity index (χ4v) is 3.72. The molecule has 0 unspecified atom stereocenters. The Morgan fingerprint density at radius 3 is 2.45 bits per heavy atom. The van der Waals surface area contributed by atoms with E-state index in [0.717, 1.165) is 42.6 Å². The van der Waals surface area contributed by atoms with Crippen LogP contribution in [0.3, 0.4) is 0 Å². The summed E-state index contributed by atoms with van der Waals surface area (Å²) in [6.45, 7) is 14.3. The molecular formula is C24H35N3O4. The Bertz CT molecular complexity index is 921. The normalized spacial score (nSPS) is 15.3. The smallest absolute Gasteiger partial charge is 0.410 e. The number of nitrogens with one attached hydrogen (secondary N) is 1. The van der Waals surface area contributed by atoms with Gasteiger partial charge in [-0.25, -0.2) is 4.79 Å². The van der Waals surface area contributed by atoms with Crippen LogP contribution < -0.4 is 5.32 Å². The summed E-state index contributed by atoms with van der Waals surface area (Å²) in [6.07, 6.45) is 2.65. The number of fused-ring (bicyclic) bond motifs is 1. The van der Waals surface area contributed by atoms with Gasteiger partial charge >= 0.3 is 6.09 Å². The first-order valence-corrected chi connectivity index (χ1v) is 11.1. The van der Waals surface area contributed by atoms with Gasteiger partial charge in [-0.05, 0) is 70.8 Å². The lowest BCUT2D eigenvalue weighted by atomic mass is 10.0. The van der Waals surface area contributed by atoms with Gasteiger partial charge in [-0.2, -0.15) is 0 Å². The van der Waals surface area contributed by atoms with Crippen molar-refractivity contribution in [3.8, 4) is 0 Å². The van der Waals surface area contributed by atoms with Crippen molar-refractivity contribution in [3.63, 3.8) is 0 Å². The number of nitrogens with zero attached hydrogens (tertiary/aromatic N) is 2. The predicted molar refractivity (Wildman–Crippen MR) is 121 cm³/mol. The van der Waals surface area contributed by atoms with E-state index < -0.39 is 5.60 Å². The van der Waals surface area contributed by atoms with Crippen molar-refractivity contribution < 1.29 is 18.7 Å². The summed E-state index contributed by atoms with van der Waals surface area (Å²) in [7, 11) is 0. The highest BCUT2D eigenvalue weighted by Crippen LogP contribution is 2.25. The van der Waals surface area contributed by atoms with Crippen molar-refractivity contribution in [1.82, 2.24) is 15.1 Å². The average molecular weight is 430 g/mol. The Hall–Kier alpha value is -2.54. The van der Waals surface area contributed by atoms with Crippen molar-refractivity contribution in [3.05, 3.63) is 35.1 Å². The molecule has 2 amide bonds. The summed E-state index contributed by atoms with van der Waals surface area (Å²) in [6, 6.07) is 4.11. The molecule has 1 aliphatic rings. The van der Waals surface area contributed by atoms with Crippen LogP contribution in [0.1, 0.15) is 43.9 Å². The van der Waals surface area contributed by atoms with E-state index in [1.807, 2.05) is 26.8 Å². The van der Waals surface area contributed by atoms with Crippen molar-refractivity contribution in [1.29, 1.82) is 0 Å². The van der Waals surface area contributed by atoms with Crippen molar-refractivity contribution in [2.24, 2.45) is 0 Å². The van der Waals surface area contributed by atoms with Gasteiger partial charge in [-0.1, -0.05) is 0 Å². The minimum Gasteiger partial charge on any atom is -0.464 e. The Balaban J connectivity index is 1.36. The first-order valence-electron chi connectivity index (χ1n) is 11.1. The molecule has 3 rings (SSSR count). The van der Waals surface area contributed by atoms with Gasteiger partial charge in [0, 0.05) is 43.7 Å². The molecule has 1 aromatic carbocycles. The monoisotopic (exact) mass is 429 g/mol. The molecule has 2 aromatic rings. The lowest BCUT2D eigenvalue weighted by Gasteiger charge is -2.35. The number of benzene rings is 1. The second kappa shape index (κ2) is 9.73. The second-order valence-electron chi connectivity index (χ2n) is 9.38. The molecule has 1 aromatic heterocycles. The van der Waals surface area contributed by atoms with Crippen LogP contribution in [-0.2, 0) is 16.0 Å². The molecule has 0 bridgehead atoms. The fourth-order valence-electron chi connectivity index (χ4n) is 3.72. The summed E-state index contributed by atoms with van der Waals surface area (Å²) < 4.78 is 11.1. The lowest BCUT2D eigenvalue weighted by molar-refractivity contribution is -0.120. The topological polar surface area (TPSA) is 75.0 Å². The zero-order valence-corrected chi connectivity index (χ0v) is 19.4. The quantitative estimate of drug-likeness (QED) is 0.710. The third kappa shape index (κ3) is 6.47. The Labute approximate surface area is 184 Å². The third-order valence-electron chi connectivity index (χ3n) is 5.62. The number of ether oxygens (including phenoxy) is 1. The summed E-state index contributed by atoms with van der Waals surface area (Å²) in [5.74, 6) is 0.00988. The van der Waals surface area contributed by atoms with Gasteiger partial charge < -0.3 is 19.4 Å². The van der Waals surface area contributed by atoms with E-state index in [4.69, 9.17) is 9.15 Å². The van der Waals surface area contributed by atoms with E-state index in [2.05, 4.69) is 30.1 Å². The number of carbonyl (C=O) groups excluding carboxylic acids is 2. The number of amides is 2. The minimum absolute atomic E-state index is 0.00988. The Morgan fingerprint density at radius 1 is 1.10 bits per heavy atom. The molecule has 2 heterocycles. The lowest BCUT2D eigenvalue weighted by Crippen LogP contribution is -2.50. The number of aryl methyl sites for hydroxylation is 2. The number of hydrogen-bond acceptors (Lipinski definition) is 5. The van der Waals surface area contributed by atoms with Crippen LogP contribution >= 0.6 is 0 Å². The zero-order chi connectivity index (χ0) is 22.6. The zero-order valence-electron chi connectivity index (χ0n) is 19.4. The fraction of sp³-hybridized carbons (Fsp3) is 0.583. The van der Waals surface area contributed by atoms with E-state index in [1.165, 1.54) is 11.1 Å². The standard InChI is InChI=1S/C24H35N3O4/c1-17-13-20-19(16-30-21(20)14-18(17)2)15-22(28)25-7-6-8-26-9-11-27(12-10-26)23(29)31-24(3,4)5/h13-14,16H,6-12,15H2,1-5H3,(H,25,28). The maximum absolute atomic E-state index is 12.4. The molecule has 0 atom stereocenters. The van der Waals surface area contributed by atoms with Crippen LogP contribution in [0, 0.1) is 13.8 Å². The van der Waals surface area contributed by atoms with E-state index in [0.29, 0.717) is 26.1 Å². The van der Waals surface area contributed by atoms with Gasteiger partial charge in [0.15, 0.2) is 0 Å². The predicted octanol–water partition coefficient (Wildman–Crippen LogP) is 3.65. The summed E-state index contributed by atoms with van der Waals surface area (Å²) in [4.78, 5) is 28.6. The maximum Gasteiger partial charge on any atom is 0.410 e. The molecule has 0 radical (unpaired) electrons. The van der Waals surface area contributed by atoms with Crippen molar-refractivity contribution in [2.75, 3.05) is 39.3 Å². The molecule has 0 spiro atoms. The number of rotatable bonds is 6. The van der Waals surface area contributed by atoms with Crippen LogP contribution in [0.5, 0.6) is 0 Å². The molecule has 1 fully saturated rings. The first-order chi connectivity index (χ1) is 14.6. The van der Waals surface area contributed by atoms with Gasteiger partial charge in [0.25, 0.3) is 0 Å². The average Bonchev–Trinajstić information content (AvgIpc) is 3.06. The number of furan rings is 1. The summed E-state index contributed by atoms with van der Waals surface area (Å²) in [5, 5.41) is 4.03. The second-order valence-corrected chi connectivity index (χ2v) is 9.38. The summed E-state index contributed by atoms with van der Waals surface area (Å²) >= 11 is 0. The van der Waals surface area contributed by atoms with E-state index in [-0.39, 0.29) is 12.0 Å². The van der Waals surface area contributed by atoms with Crippen LogP contribution in [0.2, 0.25) is 0 Å². The Morgan fingerprint density at radius 2 is 1.77 bits per heavy atom. The van der Waals surface area contributed by atoms with Crippen molar-refractivity contribution in [2.45, 2.75) is 53.1 Å². The molecule has 1 saturated heterocycles. The molecule has 170 valence electrons. The van der Waals surface area contributed by atoms with Crippen LogP contribution in [0.25, 0.3) is 11.0 Å². The van der Waals surface area contributed by atoms with Gasteiger partial charge in [0.1, 0.15) is 11.2 Å². The number of carbonyl (C=O) groups is 2. The largest absolute Gasteiger partial charge is 0.464 e. The highest BCUT2D eigenvalue weighted by Gasteiger charge is 2.25. The van der Waals surface area contributed by atoms with Crippen LogP contribution in [0.15, 0.2) is 22.8 Å². The molecule has 0 saturated carbocycles. The van der Waals surface area contributed by atoms with Crippen LogP contribution in [-0.4, -0.2) is 66.7 Å². The molecule has 7 heteroatoms. The summed E-state index contributed by atoms with van der Waals surface area (Å²) in [5.41, 5.74) is 3.67. The Kier molecular flexibility index (Phi) is 7.26. The highest BCUT2D eigenvalue weighted by atomic mass is 16.6. The van der Waals surface area contributed by atoms with E-state index in [9.17, 15) is 9.59 Å². The molecule has 0 aliphatic carbocycles. The van der Waals surface area contributed by atoms with Gasteiger partial charge in [-0.3, -0.25) is 9.69 Å². The van der Waals surface area contributed by atoms with E-state index in [1.54, 1.807) is 11.2 Å². The first kappa shape index (κ1) is 23.1. The minimum atomic E-state index is -0.465. The molecule has 7 nitrogen and oxygen atoms in total. The highest BCUT2D eigenvalue weighted by molar-refractivity contribution is 5.88. The van der Waals surface area contributed by atoms with Crippen molar-refractivity contribution >= 4 is 23.0 Å². The maximum atomic E-state index is 12.4. The third-order valence-corrected chi connectivity index (χ3v) is 5.62.